The number of benzene rings is 1. The van der Waals surface area contributed by atoms with Gasteiger partial charge < -0.3 is 19.8 Å². The van der Waals surface area contributed by atoms with Crippen molar-refractivity contribution in [2.24, 2.45) is 0 Å². The van der Waals surface area contributed by atoms with Gasteiger partial charge in [-0.3, -0.25) is 4.79 Å². The molecule has 2 aromatic heterocycles. The summed E-state index contributed by atoms with van der Waals surface area (Å²) < 4.78 is 50.4. The van der Waals surface area contributed by atoms with Gasteiger partial charge in [-0.15, -0.1) is 0 Å². The molecule has 31 heavy (non-hydrogen) atoms. The van der Waals surface area contributed by atoms with E-state index >= 15 is 0 Å². The largest absolute Gasteiger partial charge is 0.452 e. The molecule has 3 heterocycles. The molecule has 4 rings (SSSR count). The number of alkyl halides is 3. The molecule has 0 saturated carbocycles. The molecule has 0 unspecified atom stereocenters. The Hall–Kier alpha value is -3.40. The standard InChI is InChI=1S/C21H19F3N4O3/c22-21(23,24)18-17(28-20(31-18)13-4-2-1-3-5-13)19(29)27-15-6-7-16(25-12-15)26-14-8-10-30-11-9-14/h1-7,12,14H,8-11H2,(H,25,26)(H,27,29). The molecular weight excluding hydrogens is 413 g/mol. The maximum atomic E-state index is 13.4. The Labute approximate surface area is 175 Å². The van der Waals surface area contributed by atoms with Crippen molar-refractivity contribution in [2.45, 2.75) is 25.1 Å². The molecule has 1 aromatic carbocycles. The summed E-state index contributed by atoms with van der Waals surface area (Å²) in [6.45, 7) is 1.35. The number of nitrogens with one attached hydrogen (secondary N) is 2. The first kappa shape index (κ1) is 20.9. The number of halogens is 3. The van der Waals surface area contributed by atoms with Crippen LogP contribution in [-0.4, -0.2) is 35.1 Å². The minimum Gasteiger partial charge on any atom is -0.431 e. The van der Waals surface area contributed by atoms with Crippen molar-refractivity contribution in [1.82, 2.24) is 9.97 Å². The number of hydrogen-bond donors (Lipinski definition) is 2. The molecule has 7 nitrogen and oxygen atoms in total. The lowest BCUT2D eigenvalue weighted by Gasteiger charge is -2.23. The molecular formula is C21H19F3N4O3. The van der Waals surface area contributed by atoms with E-state index in [1.165, 1.54) is 6.20 Å². The zero-order valence-electron chi connectivity index (χ0n) is 16.3. The zero-order chi connectivity index (χ0) is 21.8. The van der Waals surface area contributed by atoms with E-state index in [9.17, 15) is 18.0 Å². The molecule has 1 aliphatic heterocycles. The molecule has 1 saturated heterocycles. The number of carbonyl (C=O) groups is 1. The summed E-state index contributed by atoms with van der Waals surface area (Å²) in [7, 11) is 0. The van der Waals surface area contributed by atoms with Crippen LogP contribution in [0.5, 0.6) is 0 Å². The number of oxazole rings is 1. The van der Waals surface area contributed by atoms with E-state index in [-0.39, 0.29) is 17.6 Å². The normalized spacial score (nSPS) is 14.9. The van der Waals surface area contributed by atoms with Gasteiger partial charge in [-0.2, -0.15) is 13.2 Å². The lowest BCUT2D eigenvalue weighted by molar-refractivity contribution is -0.153. The Balaban J connectivity index is 1.50. The summed E-state index contributed by atoms with van der Waals surface area (Å²) >= 11 is 0. The van der Waals surface area contributed by atoms with Crippen molar-refractivity contribution in [1.29, 1.82) is 0 Å². The third-order valence-electron chi connectivity index (χ3n) is 4.72. The molecule has 3 aromatic rings. The van der Waals surface area contributed by atoms with Gasteiger partial charge in [-0.1, -0.05) is 18.2 Å². The van der Waals surface area contributed by atoms with Crippen LogP contribution < -0.4 is 10.6 Å². The third kappa shape index (κ3) is 5.02. The monoisotopic (exact) mass is 432 g/mol. The zero-order valence-corrected chi connectivity index (χ0v) is 16.3. The fourth-order valence-corrected chi connectivity index (χ4v) is 3.16. The molecule has 0 aliphatic carbocycles. The average Bonchev–Trinajstić information content (AvgIpc) is 3.23. The number of rotatable bonds is 5. The quantitative estimate of drug-likeness (QED) is 0.613. The van der Waals surface area contributed by atoms with E-state index in [2.05, 4.69) is 20.6 Å². The van der Waals surface area contributed by atoms with Crippen LogP contribution in [0.1, 0.15) is 29.1 Å². The van der Waals surface area contributed by atoms with Crippen molar-refractivity contribution in [3.63, 3.8) is 0 Å². The predicted octanol–water partition coefficient (Wildman–Crippen LogP) is 4.60. The van der Waals surface area contributed by atoms with E-state index in [1.807, 2.05) is 0 Å². The maximum Gasteiger partial charge on any atom is 0.452 e. The molecule has 1 fully saturated rings. The highest BCUT2D eigenvalue weighted by molar-refractivity contribution is 6.04. The highest BCUT2D eigenvalue weighted by Gasteiger charge is 2.42. The second-order valence-electron chi connectivity index (χ2n) is 6.98. The molecule has 0 spiro atoms. The molecule has 1 aliphatic rings. The first-order chi connectivity index (χ1) is 14.9. The SMILES string of the molecule is O=C(Nc1ccc(NC2CCOCC2)nc1)c1nc(-c2ccccc2)oc1C(F)(F)F. The van der Waals surface area contributed by atoms with Crippen molar-refractivity contribution in [2.75, 3.05) is 23.8 Å². The summed E-state index contributed by atoms with van der Waals surface area (Å²) in [6.07, 6.45) is -1.79. The van der Waals surface area contributed by atoms with Gasteiger partial charge in [0.15, 0.2) is 5.69 Å². The van der Waals surface area contributed by atoms with Crippen molar-refractivity contribution in [3.8, 4) is 11.5 Å². The third-order valence-corrected chi connectivity index (χ3v) is 4.72. The van der Waals surface area contributed by atoms with Crippen LogP contribution in [0.25, 0.3) is 11.5 Å². The Morgan fingerprint density at radius 2 is 1.81 bits per heavy atom. The summed E-state index contributed by atoms with van der Waals surface area (Å²) in [5.41, 5.74) is -0.270. The van der Waals surface area contributed by atoms with Crippen LogP contribution >= 0.6 is 0 Å². The molecule has 1 amide bonds. The molecule has 10 heteroatoms. The summed E-state index contributed by atoms with van der Waals surface area (Å²) in [5.74, 6) is -2.17. The van der Waals surface area contributed by atoms with Gasteiger partial charge in [-0.25, -0.2) is 9.97 Å². The second kappa shape index (κ2) is 8.76. The lowest BCUT2D eigenvalue weighted by atomic mass is 10.1. The number of pyridine rings is 1. The number of aromatic nitrogens is 2. The lowest BCUT2D eigenvalue weighted by Crippen LogP contribution is -2.28. The van der Waals surface area contributed by atoms with E-state index in [1.54, 1.807) is 42.5 Å². The first-order valence-corrected chi connectivity index (χ1v) is 9.65. The van der Waals surface area contributed by atoms with Gasteiger partial charge in [0.2, 0.25) is 11.7 Å². The fraction of sp³-hybridized carbons (Fsp3) is 0.286. The number of amides is 1. The summed E-state index contributed by atoms with van der Waals surface area (Å²) in [6, 6.07) is 11.5. The fourth-order valence-electron chi connectivity index (χ4n) is 3.16. The number of hydrogen-bond acceptors (Lipinski definition) is 6. The molecule has 0 radical (unpaired) electrons. The topological polar surface area (TPSA) is 89.3 Å². The highest BCUT2D eigenvalue weighted by Crippen LogP contribution is 2.35. The van der Waals surface area contributed by atoms with Crippen LogP contribution in [-0.2, 0) is 10.9 Å². The summed E-state index contributed by atoms with van der Waals surface area (Å²) in [5, 5.41) is 5.66. The van der Waals surface area contributed by atoms with Crippen LogP contribution in [0.3, 0.4) is 0 Å². The van der Waals surface area contributed by atoms with Crippen LogP contribution in [0.15, 0.2) is 53.1 Å². The average molecular weight is 432 g/mol. The minimum atomic E-state index is -4.87. The van der Waals surface area contributed by atoms with Crippen molar-refractivity contribution < 1.29 is 27.1 Å². The summed E-state index contributed by atoms with van der Waals surface area (Å²) in [4.78, 5) is 20.5. The van der Waals surface area contributed by atoms with E-state index in [4.69, 9.17) is 9.15 Å². The van der Waals surface area contributed by atoms with E-state index < -0.39 is 23.5 Å². The van der Waals surface area contributed by atoms with Gasteiger partial charge in [0.1, 0.15) is 5.82 Å². The van der Waals surface area contributed by atoms with Gasteiger partial charge in [-0.05, 0) is 37.1 Å². The number of ether oxygens (including phenoxy) is 1. The van der Waals surface area contributed by atoms with Crippen LogP contribution in [0.2, 0.25) is 0 Å². The van der Waals surface area contributed by atoms with Gasteiger partial charge in [0.05, 0.1) is 11.9 Å². The number of nitrogens with zero attached hydrogens (tertiary/aromatic N) is 2. The maximum absolute atomic E-state index is 13.4. The van der Waals surface area contributed by atoms with Crippen LogP contribution in [0.4, 0.5) is 24.7 Å². The Kier molecular flexibility index (Phi) is 5.90. The molecule has 162 valence electrons. The van der Waals surface area contributed by atoms with E-state index in [0.717, 1.165) is 12.8 Å². The highest BCUT2D eigenvalue weighted by atomic mass is 19.4. The van der Waals surface area contributed by atoms with Gasteiger partial charge in [0, 0.05) is 24.8 Å². The van der Waals surface area contributed by atoms with Gasteiger partial charge in [0.25, 0.3) is 5.91 Å². The Bertz CT molecular complexity index is 1030. The number of anilines is 2. The van der Waals surface area contributed by atoms with Crippen molar-refractivity contribution in [3.05, 3.63) is 60.1 Å². The number of carbonyl (C=O) groups excluding carboxylic acids is 1. The smallest absolute Gasteiger partial charge is 0.431 e. The molecule has 2 N–H and O–H groups in total. The van der Waals surface area contributed by atoms with Crippen molar-refractivity contribution >= 4 is 17.4 Å². The van der Waals surface area contributed by atoms with Gasteiger partial charge >= 0.3 is 6.18 Å². The van der Waals surface area contributed by atoms with Crippen LogP contribution in [0, 0.1) is 0 Å². The minimum absolute atomic E-state index is 0.236. The molecule has 0 atom stereocenters. The Morgan fingerprint density at radius 3 is 2.45 bits per heavy atom. The first-order valence-electron chi connectivity index (χ1n) is 9.65. The second-order valence-corrected chi connectivity index (χ2v) is 6.98. The Morgan fingerprint density at radius 1 is 1.06 bits per heavy atom. The predicted molar refractivity (Wildman–Crippen MR) is 107 cm³/mol. The van der Waals surface area contributed by atoms with E-state index in [0.29, 0.717) is 24.6 Å². The molecule has 0 bridgehead atoms.